The second-order valence-corrected chi connectivity index (χ2v) is 5.32. The van der Waals surface area contributed by atoms with Crippen LogP contribution in [0.15, 0.2) is 30.3 Å². The second kappa shape index (κ2) is 6.41. The van der Waals surface area contributed by atoms with Crippen LogP contribution in [0.2, 0.25) is 0 Å². The van der Waals surface area contributed by atoms with Gasteiger partial charge in [0.1, 0.15) is 6.04 Å². The minimum atomic E-state index is -1.02. The molecule has 2 rings (SSSR count). The molecule has 5 heteroatoms. The molecule has 1 aliphatic carbocycles. The van der Waals surface area contributed by atoms with E-state index in [4.69, 9.17) is 0 Å². The summed E-state index contributed by atoms with van der Waals surface area (Å²) >= 11 is 0. The van der Waals surface area contributed by atoms with E-state index in [0.717, 1.165) is 18.4 Å². The average molecular weight is 276 g/mol. The van der Waals surface area contributed by atoms with E-state index in [1.54, 1.807) is 0 Å². The van der Waals surface area contributed by atoms with Gasteiger partial charge in [0, 0.05) is 12.5 Å². The van der Waals surface area contributed by atoms with Crippen LogP contribution in [0.1, 0.15) is 25.3 Å². The van der Waals surface area contributed by atoms with Crippen LogP contribution >= 0.6 is 0 Å². The number of amides is 2. The highest BCUT2D eigenvalue weighted by molar-refractivity contribution is 5.82. The smallest absolute Gasteiger partial charge is 0.326 e. The quantitative estimate of drug-likeness (QED) is 0.741. The summed E-state index contributed by atoms with van der Waals surface area (Å²) in [7, 11) is 0. The van der Waals surface area contributed by atoms with Crippen LogP contribution in [0.5, 0.6) is 0 Å². The normalized spacial score (nSPS) is 17.1. The van der Waals surface area contributed by atoms with Crippen LogP contribution in [0.25, 0.3) is 0 Å². The molecule has 2 amide bonds. The molecular weight excluding hydrogens is 256 g/mol. The van der Waals surface area contributed by atoms with Crippen molar-refractivity contribution in [2.75, 3.05) is 0 Å². The van der Waals surface area contributed by atoms with Crippen molar-refractivity contribution in [3.05, 3.63) is 35.9 Å². The molecule has 1 aromatic carbocycles. The van der Waals surface area contributed by atoms with E-state index in [1.165, 1.54) is 0 Å². The fraction of sp³-hybridized carbons (Fsp3) is 0.467. The molecular formula is C15H20N2O3. The topological polar surface area (TPSA) is 78.4 Å². The van der Waals surface area contributed by atoms with Crippen molar-refractivity contribution >= 4 is 12.0 Å². The molecule has 3 N–H and O–H groups in total. The number of hydrogen-bond acceptors (Lipinski definition) is 2. The van der Waals surface area contributed by atoms with Gasteiger partial charge in [-0.1, -0.05) is 30.3 Å². The summed E-state index contributed by atoms with van der Waals surface area (Å²) in [6.45, 7) is 1.95. The zero-order chi connectivity index (χ0) is 14.5. The second-order valence-electron chi connectivity index (χ2n) is 5.32. The van der Waals surface area contributed by atoms with Gasteiger partial charge >= 0.3 is 12.0 Å². The number of aliphatic carboxylic acids is 1. The summed E-state index contributed by atoms with van der Waals surface area (Å²) in [5, 5.41) is 14.5. The first-order valence-electron chi connectivity index (χ1n) is 6.90. The summed E-state index contributed by atoms with van der Waals surface area (Å²) in [5.41, 5.74) is 0.885. The third-order valence-corrected chi connectivity index (χ3v) is 3.57. The fourth-order valence-corrected chi connectivity index (χ4v) is 2.17. The molecule has 5 nitrogen and oxygen atoms in total. The monoisotopic (exact) mass is 276 g/mol. The molecule has 0 bridgehead atoms. The number of nitrogens with one attached hydrogen (secondary N) is 2. The van der Waals surface area contributed by atoms with Gasteiger partial charge in [-0.25, -0.2) is 9.59 Å². The summed E-state index contributed by atoms with van der Waals surface area (Å²) < 4.78 is 0. The lowest BCUT2D eigenvalue weighted by Gasteiger charge is -2.18. The maximum Gasteiger partial charge on any atom is 0.326 e. The molecule has 1 fully saturated rings. The lowest BCUT2D eigenvalue weighted by atomic mass is 10.1. The summed E-state index contributed by atoms with van der Waals surface area (Å²) in [5.74, 6) is -0.485. The van der Waals surface area contributed by atoms with E-state index in [1.807, 2.05) is 37.3 Å². The van der Waals surface area contributed by atoms with E-state index < -0.39 is 18.0 Å². The first-order valence-corrected chi connectivity index (χ1v) is 6.90. The predicted octanol–water partition coefficient (Wildman–Crippen LogP) is 1.78. The molecule has 1 saturated carbocycles. The highest BCUT2D eigenvalue weighted by Gasteiger charge is 2.29. The van der Waals surface area contributed by atoms with Crippen molar-refractivity contribution in [1.82, 2.24) is 10.6 Å². The standard InChI is InChI=1S/C15H20N2O3/c1-10(12-7-8-12)16-15(20)17-13(14(18)19)9-11-5-3-2-4-6-11/h2-6,10,12-13H,7-9H2,1H3,(H,18,19)(H2,16,17,20)/t10?,13-/m0/s1. The zero-order valence-corrected chi connectivity index (χ0v) is 11.5. The lowest BCUT2D eigenvalue weighted by Crippen LogP contribution is -2.49. The Morgan fingerprint density at radius 1 is 1.25 bits per heavy atom. The Hall–Kier alpha value is -2.04. The lowest BCUT2D eigenvalue weighted by molar-refractivity contribution is -0.139. The molecule has 0 radical (unpaired) electrons. The maximum absolute atomic E-state index is 11.8. The number of benzene rings is 1. The Bertz CT molecular complexity index is 471. The van der Waals surface area contributed by atoms with Crippen molar-refractivity contribution in [3.63, 3.8) is 0 Å². The van der Waals surface area contributed by atoms with Gasteiger partial charge in [-0.3, -0.25) is 0 Å². The summed E-state index contributed by atoms with van der Waals surface area (Å²) in [6, 6.07) is 8.05. The molecule has 20 heavy (non-hydrogen) atoms. The highest BCUT2D eigenvalue weighted by Crippen LogP contribution is 2.32. The number of carboxylic acids is 1. The Labute approximate surface area is 118 Å². The largest absolute Gasteiger partial charge is 0.480 e. The predicted molar refractivity (Wildman–Crippen MR) is 75.4 cm³/mol. The number of carboxylic acid groups (broad SMARTS) is 1. The molecule has 0 aromatic heterocycles. The molecule has 0 spiro atoms. The number of hydrogen-bond donors (Lipinski definition) is 3. The van der Waals surface area contributed by atoms with Gasteiger partial charge in [-0.05, 0) is 31.2 Å². The number of rotatable bonds is 6. The molecule has 1 aliphatic rings. The number of carbonyl (C=O) groups excluding carboxylic acids is 1. The zero-order valence-electron chi connectivity index (χ0n) is 11.5. The van der Waals surface area contributed by atoms with Gasteiger partial charge in [0.15, 0.2) is 0 Å². The minimum Gasteiger partial charge on any atom is -0.480 e. The van der Waals surface area contributed by atoms with E-state index in [9.17, 15) is 14.7 Å². The average Bonchev–Trinajstić information content (AvgIpc) is 3.23. The van der Waals surface area contributed by atoms with Crippen LogP contribution in [0.3, 0.4) is 0 Å². The van der Waals surface area contributed by atoms with Crippen LogP contribution < -0.4 is 10.6 Å². The molecule has 0 heterocycles. The first-order chi connectivity index (χ1) is 9.56. The van der Waals surface area contributed by atoms with Crippen LogP contribution in [-0.4, -0.2) is 29.2 Å². The Morgan fingerprint density at radius 3 is 2.45 bits per heavy atom. The SMILES string of the molecule is CC(NC(=O)N[C@@H](Cc1ccccc1)C(=O)O)C1CC1. The van der Waals surface area contributed by atoms with E-state index in [0.29, 0.717) is 5.92 Å². The van der Waals surface area contributed by atoms with Crippen LogP contribution in [0.4, 0.5) is 4.79 Å². The minimum absolute atomic E-state index is 0.0983. The van der Waals surface area contributed by atoms with Crippen molar-refractivity contribution in [3.8, 4) is 0 Å². The molecule has 1 unspecified atom stereocenters. The van der Waals surface area contributed by atoms with Crippen LogP contribution in [-0.2, 0) is 11.2 Å². The van der Waals surface area contributed by atoms with Gasteiger partial charge in [-0.2, -0.15) is 0 Å². The maximum atomic E-state index is 11.8. The molecule has 0 aliphatic heterocycles. The van der Waals surface area contributed by atoms with Gasteiger partial charge < -0.3 is 15.7 Å². The third-order valence-electron chi connectivity index (χ3n) is 3.57. The summed E-state index contributed by atoms with van der Waals surface area (Å²) in [4.78, 5) is 23.0. The van der Waals surface area contributed by atoms with Crippen molar-refractivity contribution in [1.29, 1.82) is 0 Å². The van der Waals surface area contributed by atoms with Gasteiger partial charge in [0.2, 0.25) is 0 Å². The summed E-state index contributed by atoms with van der Waals surface area (Å²) in [6.07, 6.45) is 2.54. The van der Waals surface area contributed by atoms with E-state index in [-0.39, 0.29) is 12.5 Å². The molecule has 1 aromatic rings. The molecule has 2 atom stereocenters. The van der Waals surface area contributed by atoms with Crippen molar-refractivity contribution in [2.24, 2.45) is 5.92 Å². The highest BCUT2D eigenvalue weighted by atomic mass is 16.4. The van der Waals surface area contributed by atoms with Gasteiger partial charge in [0.25, 0.3) is 0 Å². The van der Waals surface area contributed by atoms with E-state index in [2.05, 4.69) is 10.6 Å². The Morgan fingerprint density at radius 2 is 1.90 bits per heavy atom. The van der Waals surface area contributed by atoms with E-state index >= 15 is 0 Å². The molecule has 0 saturated heterocycles. The third kappa shape index (κ3) is 4.26. The van der Waals surface area contributed by atoms with Gasteiger partial charge in [0.05, 0.1) is 0 Å². The molecule has 108 valence electrons. The Balaban J connectivity index is 1.88. The van der Waals surface area contributed by atoms with Crippen molar-refractivity contribution < 1.29 is 14.7 Å². The first kappa shape index (κ1) is 14.4. The Kier molecular flexibility index (Phi) is 4.61. The number of urea groups is 1. The van der Waals surface area contributed by atoms with Crippen LogP contribution in [0, 0.1) is 5.92 Å². The van der Waals surface area contributed by atoms with Crippen molar-refractivity contribution in [2.45, 2.75) is 38.3 Å². The fourth-order valence-electron chi connectivity index (χ4n) is 2.17. The van der Waals surface area contributed by atoms with Gasteiger partial charge in [-0.15, -0.1) is 0 Å². The number of carbonyl (C=O) groups is 2.